The quantitative estimate of drug-likeness (QED) is 0.193. The third kappa shape index (κ3) is 4.38. The predicted octanol–water partition coefficient (Wildman–Crippen LogP) is 12.1. The monoisotopic (exact) mass is 634 g/mol. The summed E-state index contributed by atoms with van der Waals surface area (Å²) in [6, 6.07) is 38.7. The first-order valence-electron chi connectivity index (χ1n) is 18.3. The molecule has 4 nitrogen and oxygen atoms in total. The molecule has 0 radical (unpaired) electrons. The Morgan fingerprint density at radius 1 is 0.510 bits per heavy atom. The Morgan fingerprint density at radius 3 is 1.73 bits per heavy atom. The number of benzene rings is 7. The molecule has 0 spiro atoms. The zero-order chi connectivity index (χ0) is 36.2. The van der Waals surface area contributed by atoms with Gasteiger partial charge >= 0.3 is 0 Å². The van der Waals surface area contributed by atoms with Crippen molar-refractivity contribution in [3.8, 4) is 56.3 Å². The minimum absolute atomic E-state index is 0.115. The molecule has 2 heterocycles. The van der Waals surface area contributed by atoms with E-state index in [1.807, 2.05) is 72.8 Å². The third-order valence-electron chi connectivity index (χ3n) is 9.78. The Kier molecular flexibility index (Phi) is 5.07. The number of oxazole rings is 2. The fourth-order valence-corrected chi connectivity index (χ4v) is 7.27. The molecule has 0 atom stereocenters. The van der Waals surface area contributed by atoms with Gasteiger partial charge in [0, 0.05) is 16.5 Å². The maximum Gasteiger partial charge on any atom is 0.227 e. The van der Waals surface area contributed by atoms with E-state index < -0.39 is 0 Å². The second-order valence-corrected chi connectivity index (χ2v) is 13.1. The lowest BCUT2D eigenvalue weighted by molar-refractivity contribution is 0.617. The van der Waals surface area contributed by atoms with Crippen LogP contribution in [-0.4, -0.2) is 9.97 Å². The fourth-order valence-electron chi connectivity index (χ4n) is 7.27. The number of aromatic nitrogens is 2. The molecular weight excluding hydrogens is 601 g/mol. The summed E-state index contributed by atoms with van der Waals surface area (Å²) in [4.78, 5) is 9.43. The number of nitrogens with zero attached hydrogens (tertiary/aromatic N) is 2. The summed E-state index contributed by atoms with van der Waals surface area (Å²) in [6.45, 7) is 4.40. The van der Waals surface area contributed by atoms with Crippen molar-refractivity contribution in [1.29, 1.82) is 0 Å². The van der Waals surface area contributed by atoms with Crippen LogP contribution in [0.25, 0.3) is 89.3 Å². The minimum Gasteiger partial charge on any atom is -0.436 e. The molecular formula is C45H30N2O2. The summed E-state index contributed by atoms with van der Waals surface area (Å²) < 4.78 is 49.6. The van der Waals surface area contributed by atoms with E-state index in [1.54, 1.807) is 12.1 Å². The lowest BCUT2D eigenvalue weighted by Crippen LogP contribution is -2.15. The molecule has 2 aromatic heterocycles. The molecule has 0 unspecified atom stereocenters. The highest BCUT2D eigenvalue weighted by molar-refractivity contribution is 6.02. The van der Waals surface area contributed by atoms with Crippen LogP contribution < -0.4 is 0 Å². The van der Waals surface area contributed by atoms with Crippen LogP contribution >= 0.6 is 0 Å². The van der Waals surface area contributed by atoms with E-state index in [0.29, 0.717) is 56.2 Å². The van der Waals surface area contributed by atoms with Gasteiger partial charge in [-0.15, -0.1) is 0 Å². The van der Waals surface area contributed by atoms with Crippen molar-refractivity contribution in [2.45, 2.75) is 19.3 Å². The van der Waals surface area contributed by atoms with Gasteiger partial charge in [-0.1, -0.05) is 111 Å². The van der Waals surface area contributed by atoms with Gasteiger partial charge in [0.05, 0.1) is 5.48 Å². The van der Waals surface area contributed by atoms with Gasteiger partial charge in [-0.25, -0.2) is 9.97 Å². The van der Waals surface area contributed by atoms with Crippen LogP contribution in [0.15, 0.2) is 154 Å². The first-order chi connectivity index (χ1) is 25.7. The van der Waals surface area contributed by atoms with Crippen molar-refractivity contribution in [1.82, 2.24) is 9.97 Å². The minimum atomic E-state index is -0.325. The van der Waals surface area contributed by atoms with E-state index in [9.17, 15) is 5.48 Å². The van der Waals surface area contributed by atoms with Crippen molar-refractivity contribution in [2.24, 2.45) is 0 Å². The summed E-state index contributed by atoms with van der Waals surface area (Å²) in [5, 5.41) is 2.36. The summed E-state index contributed by atoms with van der Waals surface area (Å²) in [6.07, 6.45) is 0. The molecule has 10 rings (SSSR count). The van der Waals surface area contributed by atoms with Crippen LogP contribution in [0.5, 0.6) is 0 Å². The SMILES string of the molecule is [2H]c1c([2H])c(-c2ccc3c(c2)C(C)(C)c2ccc4ccccc4c2-3)c([2H])c([2H])c1-c1cc(-c2nc3ccccc3o2)cc(-c2nc3ccccc3o2)c1. The lowest BCUT2D eigenvalue weighted by Gasteiger charge is -2.22. The zero-order valence-corrected chi connectivity index (χ0v) is 26.8. The number of para-hydroxylation sites is 4. The molecule has 9 aromatic rings. The van der Waals surface area contributed by atoms with E-state index in [1.165, 1.54) is 21.9 Å². The zero-order valence-electron chi connectivity index (χ0n) is 30.8. The molecule has 232 valence electrons. The summed E-state index contributed by atoms with van der Waals surface area (Å²) in [5.74, 6) is 0.707. The van der Waals surface area contributed by atoms with Gasteiger partial charge in [0.15, 0.2) is 11.2 Å². The molecule has 0 saturated heterocycles. The Bertz CT molecular complexity index is 2810. The highest BCUT2D eigenvalue weighted by Gasteiger charge is 2.36. The van der Waals surface area contributed by atoms with Gasteiger partial charge in [0.25, 0.3) is 0 Å². The fraction of sp³-hybridized carbons (Fsp3) is 0.0667. The van der Waals surface area contributed by atoms with Crippen molar-refractivity contribution in [3.63, 3.8) is 0 Å². The molecule has 4 heteroatoms. The number of fused-ring (bicyclic) bond motifs is 7. The van der Waals surface area contributed by atoms with E-state index >= 15 is 0 Å². The average molecular weight is 635 g/mol. The van der Waals surface area contributed by atoms with E-state index in [-0.39, 0.29) is 40.7 Å². The topological polar surface area (TPSA) is 52.1 Å². The molecule has 0 amide bonds. The van der Waals surface area contributed by atoms with Crippen molar-refractivity contribution in [2.75, 3.05) is 0 Å². The Labute approximate surface area is 288 Å². The molecule has 49 heavy (non-hydrogen) atoms. The second kappa shape index (κ2) is 10.4. The van der Waals surface area contributed by atoms with Crippen LogP contribution in [0.4, 0.5) is 0 Å². The largest absolute Gasteiger partial charge is 0.436 e. The summed E-state index contributed by atoms with van der Waals surface area (Å²) in [7, 11) is 0. The highest BCUT2D eigenvalue weighted by Crippen LogP contribution is 2.52. The van der Waals surface area contributed by atoms with Gasteiger partial charge in [0.2, 0.25) is 11.8 Å². The van der Waals surface area contributed by atoms with Crippen LogP contribution in [0.2, 0.25) is 0 Å². The Morgan fingerprint density at radius 2 is 1.08 bits per heavy atom. The molecule has 1 aliphatic carbocycles. The van der Waals surface area contributed by atoms with Gasteiger partial charge in [0.1, 0.15) is 11.0 Å². The van der Waals surface area contributed by atoms with Gasteiger partial charge in [-0.05, 0) is 104 Å². The Hall–Kier alpha value is -6.26. The summed E-state index contributed by atoms with van der Waals surface area (Å²) in [5.41, 5.74) is 9.67. The van der Waals surface area contributed by atoms with Crippen LogP contribution in [0.1, 0.15) is 30.5 Å². The van der Waals surface area contributed by atoms with E-state index in [4.69, 9.17) is 18.8 Å². The average Bonchev–Trinajstić information content (AvgIpc) is 3.87. The van der Waals surface area contributed by atoms with Crippen molar-refractivity contribution >= 4 is 33.0 Å². The lowest BCUT2D eigenvalue weighted by atomic mass is 9.81. The molecule has 1 aliphatic rings. The maximum atomic E-state index is 9.34. The standard InChI is InChI=1S/C45H30N2O2/c1-45(2)36-22-20-29-9-3-4-10-34(29)42(36)35-21-19-30(26-37(35)45)27-15-17-28(18-16-27)31-23-32(43-46-38-11-5-7-13-40(38)48-43)25-33(24-31)44-47-39-12-6-8-14-41(39)49-44/h3-26H,1-2H3/i15D,16D,17D,18D. The number of hydrogen-bond acceptors (Lipinski definition) is 4. The first kappa shape index (κ1) is 24.0. The summed E-state index contributed by atoms with van der Waals surface area (Å²) >= 11 is 0. The van der Waals surface area contributed by atoms with Crippen molar-refractivity contribution < 1.29 is 14.3 Å². The maximum absolute atomic E-state index is 9.34. The van der Waals surface area contributed by atoms with Gasteiger partial charge in [-0.2, -0.15) is 0 Å². The smallest absolute Gasteiger partial charge is 0.227 e. The normalized spacial score (nSPS) is 14.4. The molecule has 0 fully saturated rings. The van der Waals surface area contributed by atoms with Crippen LogP contribution in [0, 0.1) is 0 Å². The molecule has 7 aromatic carbocycles. The number of hydrogen-bond donors (Lipinski definition) is 0. The van der Waals surface area contributed by atoms with Crippen LogP contribution in [0.3, 0.4) is 0 Å². The highest BCUT2D eigenvalue weighted by atomic mass is 16.4. The van der Waals surface area contributed by atoms with E-state index in [2.05, 4.69) is 50.2 Å². The molecule has 0 saturated carbocycles. The molecule has 0 N–H and O–H groups in total. The van der Waals surface area contributed by atoms with Gasteiger partial charge in [-0.3, -0.25) is 0 Å². The Balaban J connectivity index is 1.15. The third-order valence-corrected chi connectivity index (χ3v) is 9.78. The predicted molar refractivity (Wildman–Crippen MR) is 198 cm³/mol. The van der Waals surface area contributed by atoms with Crippen molar-refractivity contribution in [3.05, 3.63) is 157 Å². The van der Waals surface area contributed by atoms with Gasteiger partial charge < -0.3 is 8.83 Å². The van der Waals surface area contributed by atoms with Crippen LogP contribution in [-0.2, 0) is 5.41 Å². The molecule has 0 aliphatic heterocycles. The van der Waals surface area contributed by atoms with E-state index in [0.717, 1.165) is 11.1 Å². The number of rotatable bonds is 4. The molecule has 0 bridgehead atoms. The first-order valence-corrected chi connectivity index (χ1v) is 16.3. The second-order valence-electron chi connectivity index (χ2n) is 13.1.